The second-order valence-corrected chi connectivity index (χ2v) is 5.76. The Morgan fingerprint density at radius 3 is 2.67 bits per heavy atom. The van der Waals surface area contributed by atoms with Crippen LogP contribution in [0.3, 0.4) is 0 Å². The zero-order valence-corrected chi connectivity index (χ0v) is 13.6. The maximum absolute atomic E-state index is 12.7. The van der Waals surface area contributed by atoms with Gasteiger partial charge in [0.1, 0.15) is 12.3 Å². The smallest absolute Gasteiger partial charge is 0.254 e. The van der Waals surface area contributed by atoms with Crippen molar-refractivity contribution >= 4 is 22.6 Å². The maximum Gasteiger partial charge on any atom is 0.254 e. The standard InChI is InChI=1S/C18H20N2O4/c1-24-16-5-4-13-2-3-14(10-15(13)11-16)18(23)20-7-6-19(8-9-21)17(22)12-20/h2-5,10-11,21H,6-9,12H2,1H3. The highest BCUT2D eigenvalue weighted by Crippen LogP contribution is 2.22. The first kappa shape index (κ1) is 16.3. The average Bonchev–Trinajstić information content (AvgIpc) is 2.62. The zero-order valence-electron chi connectivity index (χ0n) is 13.6. The van der Waals surface area contributed by atoms with Gasteiger partial charge in [0.05, 0.1) is 13.7 Å². The van der Waals surface area contributed by atoms with Crippen molar-refractivity contribution in [3.63, 3.8) is 0 Å². The molecular formula is C18H20N2O4. The molecule has 6 nitrogen and oxygen atoms in total. The number of fused-ring (bicyclic) bond motifs is 1. The second-order valence-electron chi connectivity index (χ2n) is 5.76. The normalized spacial score (nSPS) is 15.0. The Hall–Kier alpha value is -2.60. The number of aliphatic hydroxyl groups is 1. The van der Waals surface area contributed by atoms with Gasteiger partial charge in [0, 0.05) is 25.2 Å². The van der Waals surface area contributed by atoms with Gasteiger partial charge in [-0.25, -0.2) is 0 Å². The number of carbonyl (C=O) groups excluding carboxylic acids is 2. The van der Waals surface area contributed by atoms with E-state index in [4.69, 9.17) is 9.84 Å². The van der Waals surface area contributed by atoms with Gasteiger partial charge in [-0.15, -0.1) is 0 Å². The molecule has 0 aliphatic carbocycles. The second kappa shape index (κ2) is 6.88. The van der Waals surface area contributed by atoms with Gasteiger partial charge in [-0.1, -0.05) is 12.1 Å². The molecule has 0 radical (unpaired) electrons. The molecule has 126 valence electrons. The lowest BCUT2D eigenvalue weighted by Gasteiger charge is -2.34. The molecule has 1 aliphatic rings. The van der Waals surface area contributed by atoms with E-state index in [-0.39, 0.29) is 25.0 Å². The van der Waals surface area contributed by atoms with Crippen LogP contribution in [0.25, 0.3) is 10.8 Å². The quantitative estimate of drug-likeness (QED) is 0.913. The fraction of sp³-hybridized carbons (Fsp3) is 0.333. The molecule has 24 heavy (non-hydrogen) atoms. The van der Waals surface area contributed by atoms with Crippen LogP contribution in [0.2, 0.25) is 0 Å². The summed E-state index contributed by atoms with van der Waals surface area (Å²) in [4.78, 5) is 27.8. The first-order valence-corrected chi connectivity index (χ1v) is 7.88. The fourth-order valence-corrected chi connectivity index (χ4v) is 2.91. The van der Waals surface area contributed by atoms with E-state index in [1.165, 1.54) is 0 Å². The predicted molar refractivity (Wildman–Crippen MR) is 90.1 cm³/mol. The molecule has 6 heteroatoms. The maximum atomic E-state index is 12.7. The third-order valence-electron chi connectivity index (χ3n) is 4.27. The number of methoxy groups -OCH3 is 1. The van der Waals surface area contributed by atoms with Crippen LogP contribution in [0.5, 0.6) is 5.75 Å². The predicted octanol–water partition coefficient (Wildman–Crippen LogP) is 1.13. The van der Waals surface area contributed by atoms with Crippen LogP contribution < -0.4 is 4.74 Å². The van der Waals surface area contributed by atoms with E-state index in [2.05, 4.69) is 0 Å². The number of ether oxygens (including phenoxy) is 1. The Kier molecular flexibility index (Phi) is 4.66. The topological polar surface area (TPSA) is 70.1 Å². The van der Waals surface area contributed by atoms with E-state index in [9.17, 15) is 9.59 Å². The van der Waals surface area contributed by atoms with Crippen LogP contribution >= 0.6 is 0 Å². The lowest BCUT2D eigenvalue weighted by molar-refractivity contribution is -0.135. The van der Waals surface area contributed by atoms with Crippen LogP contribution in [0.15, 0.2) is 36.4 Å². The average molecular weight is 328 g/mol. The summed E-state index contributed by atoms with van der Waals surface area (Å²) in [5, 5.41) is 10.9. The van der Waals surface area contributed by atoms with Crippen LogP contribution in [0.1, 0.15) is 10.4 Å². The van der Waals surface area contributed by atoms with Gasteiger partial charge < -0.3 is 19.6 Å². The first-order chi connectivity index (χ1) is 11.6. The van der Waals surface area contributed by atoms with E-state index in [1.54, 1.807) is 23.0 Å². The highest BCUT2D eigenvalue weighted by Gasteiger charge is 2.27. The van der Waals surface area contributed by atoms with E-state index in [0.29, 0.717) is 25.2 Å². The summed E-state index contributed by atoms with van der Waals surface area (Å²) in [6.07, 6.45) is 0. The summed E-state index contributed by atoms with van der Waals surface area (Å²) in [6.45, 7) is 1.23. The number of rotatable bonds is 4. The summed E-state index contributed by atoms with van der Waals surface area (Å²) in [5.74, 6) is 0.447. The fourth-order valence-electron chi connectivity index (χ4n) is 2.91. The Balaban J connectivity index is 1.80. The van der Waals surface area contributed by atoms with Gasteiger partial charge in [0.2, 0.25) is 5.91 Å². The lowest BCUT2D eigenvalue weighted by atomic mass is 10.1. The van der Waals surface area contributed by atoms with Crippen molar-refractivity contribution < 1.29 is 19.4 Å². The van der Waals surface area contributed by atoms with Crippen molar-refractivity contribution in [2.75, 3.05) is 39.9 Å². The Labute approximate surface area is 140 Å². The molecule has 2 amide bonds. The largest absolute Gasteiger partial charge is 0.497 e. The zero-order chi connectivity index (χ0) is 17.1. The molecule has 0 bridgehead atoms. The Bertz CT molecular complexity index is 775. The number of aliphatic hydroxyl groups excluding tert-OH is 1. The molecule has 0 aromatic heterocycles. The van der Waals surface area contributed by atoms with Gasteiger partial charge >= 0.3 is 0 Å². The number of hydrogen-bond donors (Lipinski definition) is 1. The van der Waals surface area contributed by atoms with Gasteiger partial charge in [0.25, 0.3) is 5.91 Å². The molecule has 2 aromatic carbocycles. The number of carbonyl (C=O) groups is 2. The number of benzene rings is 2. The van der Waals surface area contributed by atoms with Crippen molar-refractivity contribution in [1.29, 1.82) is 0 Å². The number of amides is 2. The number of nitrogens with zero attached hydrogens (tertiary/aromatic N) is 2. The van der Waals surface area contributed by atoms with Crippen LogP contribution in [-0.4, -0.2) is 66.6 Å². The summed E-state index contributed by atoms with van der Waals surface area (Å²) >= 11 is 0. The molecule has 0 spiro atoms. The highest BCUT2D eigenvalue weighted by molar-refractivity contribution is 6.00. The van der Waals surface area contributed by atoms with E-state index >= 15 is 0 Å². The van der Waals surface area contributed by atoms with Crippen molar-refractivity contribution in [2.24, 2.45) is 0 Å². The summed E-state index contributed by atoms with van der Waals surface area (Å²) in [5.41, 5.74) is 0.555. The molecule has 1 aliphatic heterocycles. The summed E-state index contributed by atoms with van der Waals surface area (Å²) in [7, 11) is 1.60. The number of β-amino-alcohol motifs (C(OH)–C–C–N with tert-alkyl or cyclic N) is 1. The summed E-state index contributed by atoms with van der Waals surface area (Å²) in [6, 6.07) is 11.2. The highest BCUT2D eigenvalue weighted by atomic mass is 16.5. The molecule has 3 rings (SSSR count). The van der Waals surface area contributed by atoms with Crippen molar-refractivity contribution in [2.45, 2.75) is 0 Å². The minimum Gasteiger partial charge on any atom is -0.497 e. The minimum absolute atomic E-state index is 0.0506. The molecule has 1 fully saturated rings. The van der Waals surface area contributed by atoms with Crippen molar-refractivity contribution in [3.05, 3.63) is 42.0 Å². The summed E-state index contributed by atoms with van der Waals surface area (Å²) < 4.78 is 5.22. The molecular weight excluding hydrogens is 308 g/mol. The Morgan fingerprint density at radius 2 is 1.96 bits per heavy atom. The minimum atomic E-state index is -0.156. The molecule has 0 atom stereocenters. The molecule has 1 saturated heterocycles. The van der Waals surface area contributed by atoms with E-state index in [0.717, 1.165) is 16.5 Å². The third-order valence-corrected chi connectivity index (χ3v) is 4.27. The van der Waals surface area contributed by atoms with E-state index in [1.807, 2.05) is 30.3 Å². The SMILES string of the molecule is COc1ccc2ccc(C(=O)N3CCN(CCO)C(=O)C3)cc2c1. The molecule has 1 heterocycles. The molecule has 0 unspecified atom stereocenters. The first-order valence-electron chi connectivity index (χ1n) is 7.88. The van der Waals surface area contributed by atoms with Crippen molar-refractivity contribution in [1.82, 2.24) is 9.80 Å². The Morgan fingerprint density at radius 1 is 1.17 bits per heavy atom. The van der Waals surface area contributed by atoms with Crippen LogP contribution in [0, 0.1) is 0 Å². The third kappa shape index (κ3) is 3.19. The molecule has 2 aromatic rings. The molecule has 0 saturated carbocycles. The van der Waals surface area contributed by atoms with Gasteiger partial charge in [-0.05, 0) is 35.0 Å². The van der Waals surface area contributed by atoms with Crippen molar-refractivity contribution in [3.8, 4) is 5.75 Å². The van der Waals surface area contributed by atoms with Crippen LogP contribution in [-0.2, 0) is 4.79 Å². The lowest BCUT2D eigenvalue weighted by Crippen LogP contribution is -2.52. The van der Waals surface area contributed by atoms with Crippen LogP contribution in [0.4, 0.5) is 0 Å². The molecule has 1 N–H and O–H groups in total. The van der Waals surface area contributed by atoms with Gasteiger partial charge in [0.15, 0.2) is 0 Å². The van der Waals surface area contributed by atoms with E-state index < -0.39 is 0 Å². The number of hydrogen-bond acceptors (Lipinski definition) is 4. The van der Waals surface area contributed by atoms with Gasteiger partial charge in [-0.2, -0.15) is 0 Å². The number of piperazine rings is 1. The monoisotopic (exact) mass is 328 g/mol. The van der Waals surface area contributed by atoms with Gasteiger partial charge in [-0.3, -0.25) is 9.59 Å².